The second-order valence-electron chi connectivity index (χ2n) is 7.26. The fraction of sp³-hybridized carbons (Fsp3) is 0.391. The Hall–Kier alpha value is -3.22. The normalized spacial score (nSPS) is 13.7. The van der Waals surface area contributed by atoms with Gasteiger partial charge in [0.1, 0.15) is 5.75 Å². The number of amides is 2. The molecule has 1 fully saturated rings. The predicted molar refractivity (Wildman–Crippen MR) is 113 cm³/mol. The minimum atomic E-state index is -0.112. The van der Waals surface area contributed by atoms with Crippen LogP contribution in [0.25, 0.3) is 0 Å². The molecule has 0 radical (unpaired) electrons. The Morgan fingerprint density at radius 3 is 1.87 bits per heavy atom. The highest BCUT2D eigenvalue weighted by Gasteiger charge is 2.25. The smallest absolute Gasteiger partial charge is 0.260 e. The predicted octanol–water partition coefficient (Wildman–Crippen LogP) is 2.44. The van der Waals surface area contributed by atoms with Gasteiger partial charge in [-0.3, -0.25) is 9.59 Å². The number of hydrogen-bond acceptors (Lipinski definition) is 5. The monoisotopic (exact) mass is 412 g/mol. The maximum absolute atomic E-state index is 12.5. The number of aryl methyl sites for hydroxylation is 2. The average molecular weight is 412 g/mol. The SMILES string of the molecule is COc1ccccc1OCC(=O)N1CCN(C(=O)COc2ccc(C)cc2C)CC1. The van der Waals surface area contributed by atoms with E-state index in [-0.39, 0.29) is 25.0 Å². The van der Waals surface area contributed by atoms with Crippen LogP contribution in [-0.4, -0.2) is 68.1 Å². The molecule has 0 spiro atoms. The summed E-state index contributed by atoms with van der Waals surface area (Å²) in [5.41, 5.74) is 2.16. The number of rotatable bonds is 7. The topological polar surface area (TPSA) is 68.3 Å². The van der Waals surface area contributed by atoms with Gasteiger partial charge in [-0.05, 0) is 37.6 Å². The van der Waals surface area contributed by atoms with Crippen molar-refractivity contribution in [2.75, 3.05) is 46.5 Å². The van der Waals surface area contributed by atoms with Gasteiger partial charge in [-0.2, -0.15) is 0 Å². The van der Waals surface area contributed by atoms with Crippen molar-refractivity contribution in [2.24, 2.45) is 0 Å². The zero-order chi connectivity index (χ0) is 21.5. The Morgan fingerprint density at radius 2 is 1.33 bits per heavy atom. The molecule has 2 amide bonds. The summed E-state index contributed by atoms with van der Waals surface area (Å²) in [6.07, 6.45) is 0. The van der Waals surface area contributed by atoms with Crippen molar-refractivity contribution in [1.29, 1.82) is 0 Å². The highest BCUT2D eigenvalue weighted by Crippen LogP contribution is 2.25. The van der Waals surface area contributed by atoms with Crippen molar-refractivity contribution < 1.29 is 23.8 Å². The van der Waals surface area contributed by atoms with Crippen LogP contribution in [0.5, 0.6) is 17.2 Å². The second-order valence-corrected chi connectivity index (χ2v) is 7.26. The molecule has 2 aromatic carbocycles. The summed E-state index contributed by atoms with van der Waals surface area (Å²) in [4.78, 5) is 28.4. The third-order valence-electron chi connectivity index (χ3n) is 5.09. The molecular formula is C23H28N2O5. The first-order valence-corrected chi connectivity index (χ1v) is 9.99. The molecule has 1 aliphatic heterocycles. The fourth-order valence-electron chi connectivity index (χ4n) is 3.37. The van der Waals surface area contributed by atoms with E-state index >= 15 is 0 Å². The Morgan fingerprint density at radius 1 is 0.800 bits per heavy atom. The minimum Gasteiger partial charge on any atom is -0.493 e. The number of carbonyl (C=O) groups is 2. The molecule has 0 bridgehead atoms. The number of nitrogens with zero attached hydrogens (tertiary/aromatic N) is 2. The van der Waals surface area contributed by atoms with Gasteiger partial charge in [-0.25, -0.2) is 0 Å². The van der Waals surface area contributed by atoms with Gasteiger partial charge in [0.25, 0.3) is 11.8 Å². The summed E-state index contributed by atoms with van der Waals surface area (Å²) in [6.45, 7) is 5.82. The van der Waals surface area contributed by atoms with Gasteiger partial charge in [0.05, 0.1) is 7.11 Å². The Bertz CT molecular complexity index is 891. The van der Waals surface area contributed by atoms with Gasteiger partial charge < -0.3 is 24.0 Å². The molecule has 30 heavy (non-hydrogen) atoms. The molecule has 0 N–H and O–H groups in total. The first-order valence-electron chi connectivity index (χ1n) is 9.99. The quantitative estimate of drug-likeness (QED) is 0.699. The standard InChI is InChI=1S/C23H28N2O5/c1-17-8-9-19(18(2)14-17)29-15-22(26)24-10-12-25(13-11-24)23(27)16-30-21-7-5-4-6-20(21)28-3/h4-9,14H,10-13,15-16H2,1-3H3. The lowest BCUT2D eigenvalue weighted by molar-refractivity contribution is -0.141. The van der Waals surface area contributed by atoms with Crippen LogP contribution in [0.3, 0.4) is 0 Å². The highest BCUT2D eigenvalue weighted by atomic mass is 16.5. The third-order valence-corrected chi connectivity index (χ3v) is 5.09. The van der Waals surface area contributed by atoms with Crippen LogP contribution in [0.2, 0.25) is 0 Å². The zero-order valence-electron chi connectivity index (χ0n) is 17.7. The molecule has 160 valence electrons. The first kappa shape index (κ1) is 21.5. The zero-order valence-corrected chi connectivity index (χ0v) is 17.7. The summed E-state index contributed by atoms with van der Waals surface area (Å²) in [6, 6.07) is 13.1. The van der Waals surface area contributed by atoms with Gasteiger partial charge in [0.2, 0.25) is 0 Å². The average Bonchev–Trinajstić information content (AvgIpc) is 2.77. The van der Waals surface area contributed by atoms with Crippen LogP contribution in [0.15, 0.2) is 42.5 Å². The van der Waals surface area contributed by atoms with Crippen molar-refractivity contribution in [3.63, 3.8) is 0 Å². The van der Waals surface area contributed by atoms with Crippen molar-refractivity contribution in [1.82, 2.24) is 9.80 Å². The van der Waals surface area contributed by atoms with Crippen LogP contribution >= 0.6 is 0 Å². The van der Waals surface area contributed by atoms with Crippen LogP contribution < -0.4 is 14.2 Å². The van der Waals surface area contributed by atoms with E-state index in [1.807, 2.05) is 44.2 Å². The van der Waals surface area contributed by atoms with Crippen molar-refractivity contribution in [3.05, 3.63) is 53.6 Å². The van der Waals surface area contributed by atoms with Crippen LogP contribution in [0.4, 0.5) is 0 Å². The lowest BCUT2D eigenvalue weighted by Crippen LogP contribution is -2.52. The first-order chi connectivity index (χ1) is 14.5. The molecule has 0 unspecified atom stereocenters. The van der Waals surface area contributed by atoms with E-state index in [0.717, 1.165) is 16.9 Å². The minimum absolute atomic E-state index is 0.00520. The molecule has 7 heteroatoms. The molecule has 0 aliphatic carbocycles. The van der Waals surface area contributed by atoms with Crippen molar-refractivity contribution >= 4 is 11.8 Å². The van der Waals surface area contributed by atoms with E-state index < -0.39 is 0 Å². The number of piperazine rings is 1. The summed E-state index contributed by atoms with van der Waals surface area (Å²) in [7, 11) is 1.56. The summed E-state index contributed by atoms with van der Waals surface area (Å²) < 4.78 is 16.5. The molecule has 1 heterocycles. The molecule has 3 rings (SSSR count). The molecular weight excluding hydrogens is 384 g/mol. The molecule has 0 aromatic heterocycles. The van der Waals surface area contributed by atoms with E-state index in [1.165, 1.54) is 0 Å². The van der Waals surface area contributed by atoms with Crippen molar-refractivity contribution in [2.45, 2.75) is 13.8 Å². The molecule has 1 saturated heterocycles. The van der Waals surface area contributed by atoms with Crippen LogP contribution in [0.1, 0.15) is 11.1 Å². The van der Waals surface area contributed by atoms with Gasteiger partial charge in [0, 0.05) is 26.2 Å². The van der Waals surface area contributed by atoms with E-state index in [2.05, 4.69) is 0 Å². The second kappa shape index (κ2) is 10.0. The Labute approximate surface area is 177 Å². The maximum Gasteiger partial charge on any atom is 0.260 e. The highest BCUT2D eigenvalue weighted by molar-refractivity contribution is 5.80. The van der Waals surface area contributed by atoms with Gasteiger partial charge in [-0.1, -0.05) is 29.8 Å². The molecule has 7 nitrogen and oxygen atoms in total. The Balaban J connectivity index is 1.43. The van der Waals surface area contributed by atoms with Crippen LogP contribution in [-0.2, 0) is 9.59 Å². The molecule has 0 atom stereocenters. The summed E-state index contributed by atoms with van der Waals surface area (Å²) >= 11 is 0. The fourth-order valence-corrected chi connectivity index (χ4v) is 3.37. The largest absolute Gasteiger partial charge is 0.493 e. The van der Waals surface area contributed by atoms with Crippen LogP contribution in [0, 0.1) is 13.8 Å². The van der Waals surface area contributed by atoms with Gasteiger partial charge >= 0.3 is 0 Å². The molecule has 2 aromatic rings. The number of hydrogen-bond donors (Lipinski definition) is 0. The van der Waals surface area contributed by atoms with Crippen molar-refractivity contribution in [3.8, 4) is 17.2 Å². The summed E-state index contributed by atoms with van der Waals surface area (Å²) in [5, 5.41) is 0. The van der Waals surface area contributed by atoms with E-state index in [1.54, 1.807) is 29.0 Å². The van der Waals surface area contributed by atoms with E-state index in [0.29, 0.717) is 37.7 Å². The number of ether oxygens (including phenoxy) is 3. The van der Waals surface area contributed by atoms with E-state index in [4.69, 9.17) is 14.2 Å². The number of para-hydroxylation sites is 2. The Kier molecular flexibility index (Phi) is 7.17. The lowest BCUT2D eigenvalue weighted by atomic mass is 10.1. The lowest BCUT2D eigenvalue weighted by Gasteiger charge is -2.34. The maximum atomic E-state index is 12.5. The molecule has 0 saturated carbocycles. The number of methoxy groups -OCH3 is 1. The van der Waals surface area contributed by atoms with E-state index in [9.17, 15) is 9.59 Å². The molecule has 1 aliphatic rings. The number of carbonyl (C=O) groups excluding carboxylic acids is 2. The summed E-state index contributed by atoms with van der Waals surface area (Å²) in [5.74, 6) is 1.65. The number of benzene rings is 2. The van der Waals surface area contributed by atoms with Gasteiger partial charge in [-0.15, -0.1) is 0 Å². The third kappa shape index (κ3) is 5.43. The van der Waals surface area contributed by atoms with Gasteiger partial charge in [0.15, 0.2) is 24.7 Å².